The lowest BCUT2D eigenvalue weighted by atomic mass is 10.2. The molecule has 0 amide bonds. The lowest BCUT2D eigenvalue weighted by molar-refractivity contribution is -0.138. The van der Waals surface area contributed by atoms with Crippen molar-refractivity contribution in [1.82, 2.24) is 0 Å². The van der Waals surface area contributed by atoms with E-state index in [1.807, 2.05) is 0 Å². The molecule has 0 aliphatic carbocycles. The fraction of sp³-hybridized carbons (Fsp3) is 0.250. The maximum atomic E-state index is 13.3. The highest BCUT2D eigenvalue weighted by atomic mass is 127. The number of benzene rings is 1. The molecule has 78 valence electrons. The van der Waals surface area contributed by atoms with Crippen molar-refractivity contribution in [2.24, 2.45) is 0 Å². The molecular weight excluding hydrogens is 331 g/mol. The number of rotatable bonds is 1. The number of halogens is 5. The zero-order chi connectivity index (χ0) is 10.9. The summed E-state index contributed by atoms with van der Waals surface area (Å²) < 4.78 is 49.7. The van der Waals surface area contributed by atoms with Gasteiger partial charge >= 0.3 is 6.18 Å². The Kier molecular flexibility index (Phi) is 3.68. The van der Waals surface area contributed by atoms with Gasteiger partial charge in [0.05, 0.1) is 9.13 Å². The minimum atomic E-state index is -4.49. The number of thioether (sulfide) groups is 1. The van der Waals surface area contributed by atoms with E-state index in [2.05, 4.69) is 0 Å². The van der Waals surface area contributed by atoms with Gasteiger partial charge in [-0.3, -0.25) is 0 Å². The van der Waals surface area contributed by atoms with Gasteiger partial charge in [0.15, 0.2) is 5.82 Å². The molecule has 0 nitrogen and oxygen atoms in total. The van der Waals surface area contributed by atoms with Crippen LogP contribution in [0.15, 0.2) is 17.0 Å². The van der Waals surface area contributed by atoms with Crippen molar-refractivity contribution in [2.75, 3.05) is 6.26 Å². The van der Waals surface area contributed by atoms with Gasteiger partial charge in [0.2, 0.25) is 0 Å². The smallest absolute Gasteiger partial charge is 0.205 e. The Morgan fingerprint density at radius 1 is 1.29 bits per heavy atom. The molecule has 0 fully saturated rings. The van der Waals surface area contributed by atoms with Crippen LogP contribution in [0.2, 0.25) is 0 Å². The van der Waals surface area contributed by atoms with E-state index in [9.17, 15) is 17.6 Å². The molecule has 0 aliphatic rings. The van der Waals surface area contributed by atoms with Crippen molar-refractivity contribution in [2.45, 2.75) is 11.1 Å². The van der Waals surface area contributed by atoms with Crippen LogP contribution in [0.4, 0.5) is 17.6 Å². The van der Waals surface area contributed by atoms with Crippen LogP contribution in [0.3, 0.4) is 0 Å². The third kappa shape index (κ3) is 2.33. The fourth-order valence-electron chi connectivity index (χ4n) is 0.908. The third-order valence-corrected chi connectivity index (χ3v) is 3.38. The first kappa shape index (κ1) is 12.1. The van der Waals surface area contributed by atoms with Crippen molar-refractivity contribution in [3.63, 3.8) is 0 Å². The Morgan fingerprint density at radius 3 is 2.29 bits per heavy atom. The maximum Gasteiger partial charge on any atom is 0.417 e. The highest BCUT2D eigenvalue weighted by molar-refractivity contribution is 14.1. The van der Waals surface area contributed by atoms with Gasteiger partial charge in [0.1, 0.15) is 0 Å². The summed E-state index contributed by atoms with van der Waals surface area (Å²) in [7, 11) is 0. The largest absolute Gasteiger partial charge is 0.417 e. The van der Waals surface area contributed by atoms with Gasteiger partial charge in [0, 0.05) is 4.90 Å². The molecule has 0 aromatic heterocycles. The summed E-state index contributed by atoms with van der Waals surface area (Å²) in [6, 6.07) is 2.04. The summed E-state index contributed by atoms with van der Waals surface area (Å²) in [5.41, 5.74) is -0.923. The normalized spacial score (nSPS) is 11.9. The quantitative estimate of drug-likeness (QED) is 0.421. The highest BCUT2D eigenvalue weighted by Gasteiger charge is 2.34. The van der Waals surface area contributed by atoms with Crippen molar-refractivity contribution in [3.05, 3.63) is 27.1 Å². The molecule has 0 atom stereocenters. The van der Waals surface area contributed by atoms with Crippen LogP contribution in [0.5, 0.6) is 0 Å². The minimum absolute atomic E-state index is 0.224. The lowest BCUT2D eigenvalue weighted by Crippen LogP contribution is -2.09. The Labute approximate surface area is 96.2 Å². The summed E-state index contributed by atoms with van der Waals surface area (Å²) in [6.07, 6.45) is -2.88. The van der Waals surface area contributed by atoms with Crippen LogP contribution in [0, 0.1) is 9.39 Å². The summed E-state index contributed by atoms with van der Waals surface area (Å²) in [5.74, 6) is -0.798. The van der Waals surface area contributed by atoms with Crippen LogP contribution in [-0.4, -0.2) is 6.26 Å². The van der Waals surface area contributed by atoms with Crippen LogP contribution in [0.1, 0.15) is 5.56 Å². The summed E-state index contributed by atoms with van der Waals surface area (Å²) in [6.45, 7) is 0. The molecule has 1 aromatic rings. The molecule has 0 saturated heterocycles. The van der Waals surface area contributed by atoms with Gasteiger partial charge in [0.25, 0.3) is 0 Å². The number of hydrogen-bond donors (Lipinski definition) is 0. The topological polar surface area (TPSA) is 0 Å². The van der Waals surface area contributed by atoms with E-state index < -0.39 is 17.6 Å². The van der Waals surface area contributed by atoms with Crippen LogP contribution in [-0.2, 0) is 6.18 Å². The first-order valence-corrected chi connectivity index (χ1v) is 5.77. The van der Waals surface area contributed by atoms with Crippen molar-refractivity contribution >= 4 is 34.4 Å². The van der Waals surface area contributed by atoms with E-state index >= 15 is 0 Å². The molecular formula is C8H5F4IS. The van der Waals surface area contributed by atoms with E-state index in [0.29, 0.717) is 0 Å². The van der Waals surface area contributed by atoms with Crippen LogP contribution >= 0.6 is 34.4 Å². The average molecular weight is 336 g/mol. The number of hydrogen-bond acceptors (Lipinski definition) is 1. The zero-order valence-electron chi connectivity index (χ0n) is 6.95. The first-order valence-electron chi connectivity index (χ1n) is 3.47. The molecule has 6 heteroatoms. The number of alkyl halides is 3. The van der Waals surface area contributed by atoms with E-state index in [4.69, 9.17) is 0 Å². The Morgan fingerprint density at radius 2 is 1.86 bits per heavy atom. The second-order valence-electron chi connectivity index (χ2n) is 2.44. The van der Waals surface area contributed by atoms with E-state index in [1.165, 1.54) is 22.6 Å². The van der Waals surface area contributed by atoms with Gasteiger partial charge in [-0.25, -0.2) is 4.39 Å². The summed E-state index contributed by atoms with van der Waals surface area (Å²) >= 11 is 2.45. The standard InChI is InChI=1S/C8H5F4IS/c1-14-5-3-2-4(8(10,11)12)7(13)6(5)9/h2-3H,1H3. The van der Waals surface area contributed by atoms with Gasteiger partial charge in [-0.1, -0.05) is 0 Å². The molecule has 0 radical (unpaired) electrons. The molecule has 14 heavy (non-hydrogen) atoms. The van der Waals surface area contributed by atoms with Crippen LogP contribution in [0.25, 0.3) is 0 Å². The van der Waals surface area contributed by atoms with Gasteiger partial charge < -0.3 is 0 Å². The molecule has 1 rings (SSSR count). The average Bonchev–Trinajstić information content (AvgIpc) is 2.07. The molecule has 0 bridgehead atoms. The fourth-order valence-corrected chi connectivity index (χ4v) is 2.35. The Balaban J connectivity index is 3.31. The predicted molar refractivity (Wildman–Crippen MR) is 55.9 cm³/mol. The zero-order valence-corrected chi connectivity index (χ0v) is 9.93. The Hall–Kier alpha value is 0.0200. The molecule has 0 unspecified atom stereocenters. The van der Waals surface area contributed by atoms with Gasteiger partial charge in [-0.05, 0) is 41.0 Å². The van der Waals surface area contributed by atoms with Gasteiger partial charge in [-0.15, -0.1) is 11.8 Å². The van der Waals surface area contributed by atoms with Gasteiger partial charge in [-0.2, -0.15) is 13.2 Å². The second kappa shape index (κ2) is 4.26. The lowest BCUT2D eigenvalue weighted by Gasteiger charge is -2.10. The molecule has 0 spiro atoms. The van der Waals surface area contributed by atoms with E-state index in [0.717, 1.165) is 23.9 Å². The Bertz CT molecular complexity index is 348. The minimum Gasteiger partial charge on any atom is -0.205 e. The summed E-state index contributed by atoms with van der Waals surface area (Å²) in [5, 5.41) is 0. The molecule has 0 saturated carbocycles. The van der Waals surface area contributed by atoms with E-state index in [1.54, 1.807) is 6.26 Å². The van der Waals surface area contributed by atoms with E-state index in [-0.39, 0.29) is 8.47 Å². The van der Waals surface area contributed by atoms with Crippen molar-refractivity contribution in [1.29, 1.82) is 0 Å². The predicted octanol–water partition coefficient (Wildman–Crippen LogP) is 4.17. The highest BCUT2D eigenvalue weighted by Crippen LogP contribution is 2.36. The SMILES string of the molecule is CSc1ccc(C(F)(F)F)c(I)c1F. The first-order chi connectivity index (χ1) is 6.38. The van der Waals surface area contributed by atoms with Crippen molar-refractivity contribution < 1.29 is 17.6 Å². The summed E-state index contributed by atoms with van der Waals surface area (Å²) in [4.78, 5) is 0.224. The molecule has 1 aromatic carbocycles. The maximum absolute atomic E-state index is 13.3. The molecule has 0 heterocycles. The van der Waals surface area contributed by atoms with Crippen LogP contribution < -0.4 is 0 Å². The molecule has 0 N–H and O–H groups in total. The van der Waals surface area contributed by atoms with Crippen molar-refractivity contribution in [3.8, 4) is 0 Å². The second-order valence-corrected chi connectivity index (χ2v) is 4.37. The molecule has 0 aliphatic heterocycles. The monoisotopic (exact) mass is 336 g/mol. The third-order valence-electron chi connectivity index (χ3n) is 1.57.